The Morgan fingerprint density at radius 1 is 1.21 bits per heavy atom. The van der Waals surface area contributed by atoms with Gasteiger partial charge in [0.15, 0.2) is 15.8 Å². The summed E-state index contributed by atoms with van der Waals surface area (Å²) in [5, 5.41) is 6.46. The van der Waals surface area contributed by atoms with Crippen molar-refractivity contribution in [2.75, 3.05) is 25.1 Å². The molecule has 2 N–H and O–H groups in total. The Labute approximate surface area is 162 Å². The van der Waals surface area contributed by atoms with E-state index in [1.54, 1.807) is 7.05 Å². The van der Waals surface area contributed by atoms with E-state index in [-0.39, 0.29) is 41.5 Å². The van der Waals surface area contributed by atoms with Gasteiger partial charge in [0.25, 0.3) is 0 Å². The second-order valence-corrected chi connectivity index (χ2v) is 8.27. The van der Waals surface area contributed by atoms with E-state index in [9.17, 15) is 8.42 Å². The van der Waals surface area contributed by atoms with E-state index >= 15 is 0 Å². The number of benzene rings is 1. The number of guanidine groups is 1. The van der Waals surface area contributed by atoms with Gasteiger partial charge in [0.2, 0.25) is 0 Å². The van der Waals surface area contributed by atoms with Crippen molar-refractivity contribution in [2.45, 2.75) is 38.1 Å². The number of rotatable bonds is 7. The van der Waals surface area contributed by atoms with Crippen LogP contribution < -0.4 is 10.6 Å². The van der Waals surface area contributed by atoms with Crippen molar-refractivity contribution in [2.24, 2.45) is 4.99 Å². The lowest BCUT2D eigenvalue weighted by molar-refractivity contribution is 0.599. The molecule has 0 aliphatic carbocycles. The van der Waals surface area contributed by atoms with E-state index in [0.717, 1.165) is 25.8 Å². The van der Waals surface area contributed by atoms with Gasteiger partial charge in [0.05, 0.1) is 11.5 Å². The number of aryl methyl sites for hydroxylation is 1. The summed E-state index contributed by atoms with van der Waals surface area (Å²) < 4.78 is 22.9. The fourth-order valence-corrected chi connectivity index (χ4v) is 4.45. The second-order valence-electron chi connectivity index (χ2n) is 6.04. The van der Waals surface area contributed by atoms with Crippen LogP contribution in [0.4, 0.5) is 0 Å². The van der Waals surface area contributed by atoms with Crippen molar-refractivity contribution in [3.05, 3.63) is 35.9 Å². The Kier molecular flexibility index (Phi) is 9.65. The van der Waals surface area contributed by atoms with Gasteiger partial charge in [-0.3, -0.25) is 4.99 Å². The molecule has 0 radical (unpaired) electrons. The van der Waals surface area contributed by atoms with Crippen LogP contribution in [0.15, 0.2) is 35.3 Å². The number of unbranched alkanes of at least 4 members (excludes halogenated alkanes) is 2. The molecule has 1 unspecified atom stereocenters. The molecular formula is C17H28IN3O2S. The monoisotopic (exact) mass is 465 g/mol. The first-order valence-electron chi connectivity index (χ1n) is 8.30. The van der Waals surface area contributed by atoms with E-state index in [0.29, 0.717) is 12.4 Å². The molecule has 24 heavy (non-hydrogen) atoms. The quantitative estimate of drug-likeness (QED) is 0.281. The van der Waals surface area contributed by atoms with Crippen LogP contribution in [0.5, 0.6) is 0 Å². The zero-order valence-electron chi connectivity index (χ0n) is 14.2. The highest BCUT2D eigenvalue weighted by Crippen LogP contribution is 2.11. The molecule has 0 aromatic heterocycles. The SMILES string of the molecule is CN=C(NCCCCCc1ccccc1)NC1CCS(=O)(=O)C1.I. The Morgan fingerprint density at radius 3 is 2.58 bits per heavy atom. The lowest BCUT2D eigenvalue weighted by Crippen LogP contribution is -2.44. The van der Waals surface area contributed by atoms with Crippen molar-refractivity contribution in [3.8, 4) is 0 Å². The standard InChI is InChI=1S/C17H27N3O2S.HI/c1-18-17(20-16-11-13-23(21,22)14-16)19-12-7-3-6-10-15-8-4-2-5-9-15;/h2,4-5,8-9,16H,3,6-7,10-14H2,1H3,(H2,18,19,20);1H. The summed E-state index contributed by atoms with van der Waals surface area (Å²) >= 11 is 0. The summed E-state index contributed by atoms with van der Waals surface area (Å²) in [6.45, 7) is 0.855. The van der Waals surface area contributed by atoms with Crippen LogP contribution in [-0.2, 0) is 16.3 Å². The minimum Gasteiger partial charge on any atom is -0.356 e. The molecule has 1 aromatic carbocycles. The van der Waals surface area contributed by atoms with Gasteiger partial charge in [-0.1, -0.05) is 36.8 Å². The third-order valence-corrected chi connectivity index (χ3v) is 5.84. The summed E-state index contributed by atoms with van der Waals surface area (Å²) in [5.74, 6) is 1.20. The third-order valence-electron chi connectivity index (χ3n) is 4.07. The Balaban J connectivity index is 0.00000288. The van der Waals surface area contributed by atoms with Gasteiger partial charge in [0.1, 0.15) is 0 Å². The van der Waals surface area contributed by atoms with Crippen molar-refractivity contribution in [1.82, 2.24) is 10.6 Å². The van der Waals surface area contributed by atoms with Crippen LogP contribution in [-0.4, -0.2) is 45.5 Å². The number of sulfone groups is 1. The van der Waals surface area contributed by atoms with Gasteiger partial charge in [-0.05, 0) is 31.2 Å². The molecule has 1 saturated heterocycles. The van der Waals surface area contributed by atoms with E-state index in [1.165, 1.54) is 12.0 Å². The zero-order chi connectivity index (χ0) is 16.5. The number of aliphatic imine (C=N–C) groups is 1. The van der Waals surface area contributed by atoms with Gasteiger partial charge >= 0.3 is 0 Å². The molecule has 0 saturated carbocycles. The maximum Gasteiger partial charge on any atom is 0.191 e. The fraction of sp³-hybridized carbons (Fsp3) is 0.588. The Bertz CT molecular complexity index is 606. The number of nitrogens with one attached hydrogen (secondary N) is 2. The highest BCUT2D eigenvalue weighted by molar-refractivity contribution is 14.0. The number of halogens is 1. The molecule has 5 nitrogen and oxygen atoms in total. The van der Waals surface area contributed by atoms with Crippen molar-refractivity contribution in [1.29, 1.82) is 0 Å². The van der Waals surface area contributed by atoms with Crippen LogP contribution in [0.1, 0.15) is 31.2 Å². The highest BCUT2D eigenvalue weighted by Gasteiger charge is 2.28. The van der Waals surface area contributed by atoms with Gasteiger partial charge in [0, 0.05) is 19.6 Å². The maximum atomic E-state index is 11.5. The van der Waals surface area contributed by atoms with Gasteiger partial charge < -0.3 is 10.6 Å². The first kappa shape index (κ1) is 21.2. The smallest absolute Gasteiger partial charge is 0.191 e. The third kappa shape index (κ3) is 7.83. The molecule has 1 aliphatic heterocycles. The van der Waals surface area contributed by atoms with Crippen LogP contribution >= 0.6 is 24.0 Å². The van der Waals surface area contributed by atoms with E-state index in [4.69, 9.17) is 0 Å². The molecule has 0 bridgehead atoms. The number of hydrogen-bond acceptors (Lipinski definition) is 3. The van der Waals surface area contributed by atoms with Crippen molar-refractivity contribution < 1.29 is 8.42 Å². The number of hydrogen-bond donors (Lipinski definition) is 2. The summed E-state index contributed by atoms with van der Waals surface area (Å²) in [4.78, 5) is 4.16. The minimum absolute atomic E-state index is 0. The van der Waals surface area contributed by atoms with E-state index in [2.05, 4.69) is 39.9 Å². The zero-order valence-corrected chi connectivity index (χ0v) is 17.3. The second kappa shape index (κ2) is 10.9. The molecule has 1 aliphatic rings. The molecule has 0 amide bonds. The summed E-state index contributed by atoms with van der Waals surface area (Å²) in [5.41, 5.74) is 1.39. The molecule has 136 valence electrons. The summed E-state index contributed by atoms with van der Waals surface area (Å²) in [6, 6.07) is 10.5. The average molecular weight is 465 g/mol. The largest absolute Gasteiger partial charge is 0.356 e. The van der Waals surface area contributed by atoms with Crippen LogP contribution in [0.2, 0.25) is 0 Å². The Morgan fingerprint density at radius 2 is 1.96 bits per heavy atom. The topological polar surface area (TPSA) is 70.6 Å². The maximum absolute atomic E-state index is 11.5. The molecule has 2 rings (SSSR count). The average Bonchev–Trinajstić information content (AvgIpc) is 2.89. The van der Waals surface area contributed by atoms with Gasteiger partial charge in [-0.2, -0.15) is 0 Å². The first-order chi connectivity index (χ1) is 11.1. The predicted octanol–water partition coefficient (Wildman–Crippen LogP) is 2.37. The molecule has 7 heteroatoms. The first-order valence-corrected chi connectivity index (χ1v) is 10.1. The normalized spacial score (nSPS) is 19.5. The minimum atomic E-state index is -2.85. The molecule has 1 aromatic rings. The van der Waals surface area contributed by atoms with Gasteiger partial charge in [-0.25, -0.2) is 8.42 Å². The van der Waals surface area contributed by atoms with E-state index < -0.39 is 9.84 Å². The summed E-state index contributed by atoms with van der Waals surface area (Å²) in [6.07, 6.45) is 5.21. The molecule has 0 spiro atoms. The lowest BCUT2D eigenvalue weighted by atomic mass is 10.1. The van der Waals surface area contributed by atoms with E-state index in [1.807, 2.05) is 6.07 Å². The fourth-order valence-electron chi connectivity index (χ4n) is 2.78. The molecule has 1 atom stereocenters. The van der Waals surface area contributed by atoms with Crippen molar-refractivity contribution in [3.63, 3.8) is 0 Å². The Hall–Kier alpha value is -0.830. The molecule has 1 fully saturated rings. The van der Waals surface area contributed by atoms with Crippen molar-refractivity contribution >= 4 is 39.8 Å². The summed E-state index contributed by atoms with van der Waals surface area (Å²) in [7, 11) is -1.14. The highest BCUT2D eigenvalue weighted by atomic mass is 127. The van der Waals surface area contributed by atoms with Crippen LogP contribution in [0, 0.1) is 0 Å². The van der Waals surface area contributed by atoms with Crippen LogP contribution in [0.3, 0.4) is 0 Å². The lowest BCUT2D eigenvalue weighted by Gasteiger charge is -2.16. The van der Waals surface area contributed by atoms with Gasteiger partial charge in [-0.15, -0.1) is 24.0 Å². The predicted molar refractivity (Wildman–Crippen MR) is 111 cm³/mol. The number of nitrogens with zero attached hydrogens (tertiary/aromatic N) is 1. The van der Waals surface area contributed by atoms with Crippen LogP contribution in [0.25, 0.3) is 0 Å². The molecule has 1 heterocycles. The molecular weight excluding hydrogens is 437 g/mol.